The number of anilines is 1. The number of hydrogen-bond acceptors (Lipinski definition) is 6. The van der Waals surface area contributed by atoms with E-state index in [9.17, 15) is 28.5 Å². The third-order valence-corrected chi connectivity index (χ3v) is 8.26. The van der Waals surface area contributed by atoms with Crippen LogP contribution >= 0.6 is 0 Å². The number of phenols is 2. The van der Waals surface area contributed by atoms with Crippen molar-refractivity contribution in [1.29, 1.82) is 0 Å². The second kappa shape index (κ2) is 9.93. The highest BCUT2D eigenvalue weighted by Crippen LogP contribution is 2.50. The Morgan fingerprint density at radius 3 is 2.28 bits per heavy atom. The second-order valence-corrected chi connectivity index (χ2v) is 10.9. The molecule has 190 valence electrons. The fourth-order valence-corrected chi connectivity index (χ4v) is 5.52. The molecule has 0 unspecified atom stereocenters. The molecular formula is C27H30N2O6S. The molecule has 1 atom stereocenters. The van der Waals surface area contributed by atoms with E-state index in [1.807, 2.05) is 25.1 Å². The highest BCUT2D eigenvalue weighted by Gasteiger charge is 2.51. The van der Waals surface area contributed by atoms with E-state index in [2.05, 4.69) is 10.0 Å². The van der Waals surface area contributed by atoms with Gasteiger partial charge in [-0.15, -0.1) is 0 Å². The zero-order valence-corrected chi connectivity index (χ0v) is 21.0. The van der Waals surface area contributed by atoms with Crippen LogP contribution in [0.1, 0.15) is 37.3 Å². The molecule has 0 heterocycles. The van der Waals surface area contributed by atoms with Gasteiger partial charge in [-0.2, -0.15) is 0 Å². The Bertz CT molecular complexity index is 1380. The molecule has 0 radical (unpaired) electrons. The van der Waals surface area contributed by atoms with Crippen molar-refractivity contribution in [3.8, 4) is 22.6 Å². The van der Waals surface area contributed by atoms with Crippen LogP contribution in [0.25, 0.3) is 11.1 Å². The Kier molecular flexibility index (Phi) is 7.08. The van der Waals surface area contributed by atoms with Crippen LogP contribution in [0.3, 0.4) is 0 Å². The van der Waals surface area contributed by atoms with Crippen molar-refractivity contribution in [2.45, 2.75) is 49.5 Å². The first kappa shape index (κ1) is 25.7. The van der Waals surface area contributed by atoms with Crippen molar-refractivity contribution in [3.05, 3.63) is 71.8 Å². The predicted molar refractivity (Wildman–Crippen MR) is 137 cm³/mol. The molecule has 36 heavy (non-hydrogen) atoms. The topological polar surface area (TPSA) is 136 Å². The summed E-state index contributed by atoms with van der Waals surface area (Å²) >= 11 is 0. The van der Waals surface area contributed by atoms with Gasteiger partial charge in [-0.1, -0.05) is 31.2 Å². The number of rotatable bonds is 9. The Labute approximate surface area is 210 Å². The first-order chi connectivity index (χ1) is 17.1. The van der Waals surface area contributed by atoms with Crippen LogP contribution in [0.15, 0.2) is 65.6 Å². The fourth-order valence-electron chi connectivity index (χ4n) is 4.21. The molecule has 5 N–H and O–H groups in total. The number of hydrogen-bond donors (Lipinski definition) is 5. The highest BCUT2D eigenvalue weighted by atomic mass is 32.2. The van der Waals surface area contributed by atoms with Gasteiger partial charge in [0.1, 0.15) is 0 Å². The van der Waals surface area contributed by atoms with Crippen LogP contribution in [0.4, 0.5) is 5.69 Å². The normalized spacial score (nSPS) is 15.3. The van der Waals surface area contributed by atoms with Crippen LogP contribution in [0, 0.1) is 6.92 Å². The van der Waals surface area contributed by atoms with E-state index >= 15 is 0 Å². The largest absolute Gasteiger partial charge is 0.504 e. The Hall–Kier alpha value is -3.40. The molecule has 1 amide bonds. The van der Waals surface area contributed by atoms with Gasteiger partial charge in [0.15, 0.2) is 11.5 Å². The molecule has 1 aliphatic rings. The molecule has 8 nitrogen and oxygen atoms in total. The van der Waals surface area contributed by atoms with E-state index in [0.717, 1.165) is 16.7 Å². The average molecular weight is 511 g/mol. The van der Waals surface area contributed by atoms with Crippen molar-refractivity contribution in [3.63, 3.8) is 0 Å². The maximum absolute atomic E-state index is 13.2. The molecule has 1 saturated carbocycles. The van der Waals surface area contributed by atoms with E-state index in [0.29, 0.717) is 30.5 Å². The number of aliphatic hydroxyl groups is 1. The van der Waals surface area contributed by atoms with Gasteiger partial charge in [-0.3, -0.25) is 4.79 Å². The summed E-state index contributed by atoms with van der Waals surface area (Å²) in [6, 6.07) is 15.9. The lowest BCUT2D eigenvalue weighted by atomic mass is 9.94. The molecule has 0 bridgehead atoms. The Morgan fingerprint density at radius 2 is 1.69 bits per heavy atom. The molecule has 0 aromatic heterocycles. The monoisotopic (exact) mass is 510 g/mol. The van der Waals surface area contributed by atoms with Crippen molar-refractivity contribution >= 4 is 21.6 Å². The van der Waals surface area contributed by atoms with Gasteiger partial charge in [0.2, 0.25) is 15.9 Å². The molecule has 1 aliphatic carbocycles. The van der Waals surface area contributed by atoms with Crippen molar-refractivity contribution in [2.24, 2.45) is 0 Å². The fraction of sp³-hybridized carbons (Fsp3) is 0.296. The maximum Gasteiger partial charge on any atom is 0.240 e. The summed E-state index contributed by atoms with van der Waals surface area (Å²) in [7, 11) is -3.76. The SMILES string of the molecule is CC[C@H](CO)NS(=O)(=O)c1ccc(-c2cc(NC(=O)C3(c4ccc(O)c(O)c4)CC3)ccc2C)cc1. The van der Waals surface area contributed by atoms with Gasteiger partial charge in [0.05, 0.1) is 16.9 Å². The summed E-state index contributed by atoms with van der Waals surface area (Å²) in [6.45, 7) is 3.45. The minimum atomic E-state index is -3.76. The second-order valence-electron chi connectivity index (χ2n) is 9.20. The van der Waals surface area contributed by atoms with E-state index in [1.165, 1.54) is 24.3 Å². The maximum atomic E-state index is 13.2. The lowest BCUT2D eigenvalue weighted by molar-refractivity contribution is -0.118. The van der Waals surface area contributed by atoms with E-state index in [4.69, 9.17) is 0 Å². The number of phenolic OH excluding ortho intramolecular Hbond substituents is 2. The van der Waals surface area contributed by atoms with Crippen LogP contribution < -0.4 is 10.0 Å². The first-order valence-electron chi connectivity index (χ1n) is 11.8. The van der Waals surface area contributed by atoms with E-state index in [-0.39, 0.29) is 28.9 Å². The van der Waals surface area contributed by atoms with Gasteiger partial charge in [0, 0.05) is 11.7 Å². The number of benzene rings is 3. The Morgan fingerprint density at radius 1 is 1.00 bits per heavy atom. The highest BCUT2D eigenvalue weighted by molar-refractivity contribution is 7.89. The van der Waals surface area contributed by atoms with Gasteiger partial charge in [-0.25, -0.2) is 13.1 Å². The number of aliphatic hydroxyl groups excluding tert-OH is 1. The third kappa shape index (κ3) is 5.09. The zero-order chi connectivity index (χ0) is 26.1. The van der Waals surface area contributed by atoms with Gasteiger partial charge in [-0.05, 0) is 84.8 Å². The molecule has 4 rings (SSSR count). The standard InChI is InChI=1S/C27H30N2O6S/c1-3-20(16-30)29-36(34,35)22-9-5-18(6-10-22)23-15-21(8-4-17(23)2)28-26(33)27(12-13-27)19-7-11-24(31)25(32)14-19/h4-11,14-15,20,29-32H,3,12-13,16H2,1-2H3,(H,28,33)/t20-/m1/s1. The molecule has 9 heteroatoms. The first-order valence-corrected chi connectivity index (χ1v) is 13.3. The number of aryl methyl sites for hydroxylation is 1. The van der Waals surface area contributed by atoms with Crippen LogP contribution in [-0.2, 0) is 20.2 Å². The van der Waals surface area contributed by atoms with E-state index in [1.54, 1.807) is 25.1 Å². The molecular weight excluding hydrogens is 480 g/mol. The molecule has 0 spiro atoms. The van der Waals surface area contributed by atoms with Crippen LogP contribution in [0.2, 0.25) is 0 Å². The average Bonchev–Trinajstić information content (AvgIpc) is 3.68. The molecule has 1 fully saturated rings. The van der Waals surface area contributed by atoms with Crippen molar-refractivity contribution in [2.75, 3.05) is 11.9 Å². The zero-order valence-electron chi connectivity index (χ0n) is 20.2. The lowest BCUT2D eigenvalue weighted by Gasteiger charge is -2.18. The number of aromatic hydroxyl groups is 2. The third-order valence-electron chi connectivity index (χ3n) is 6.72. The minimum absolute atomic E-state index is 0.105. The minimum Gasteiger partial charge on any atom is -0.504 e. The Balaban J connectivity index is 1.55. The van der Waals surface area contributed by atoms with Crippen LogP contribution in [0.5, 0.6) is 11.5 Å². The lowest BCUT2D eigenvalue weighted by Crippen LogP contribution is -2.36. The summed E-state index contributed by atoms with van der Waals surface area (Å²) in [6.07, 6.45) is 1.75. The number of amides is 1. The number of carbonyl (C=O) groups excluding carboxylic acids is 1. The van der Waals surface area contributed by atoms with Gasteiger partial charge in [0.25, 0.3) is 0 Å². The van der Waals surface area contributed by atoms with E-state index < -0.39 is 21.5 Å². The van der Waals surface area contributed by atoms with Gasteiger partial charge < -0.3 is 20.6 Å². The van der Waals surface area contributed by atoms with Crippen molar-refractivity contribution in [1.82, 2.24) is 4.72 Å². The van der Waals surface area contributed by atoms with Gasteiger partial charge >= 0.3 is 0 Å². The molecule has 3 aromatic rings. The predicted octanol–water partition coefficient (Wildman–Crippen LogP) is 3.79. The number of nitrogens with one attached hydrogen (secondary N) is 2. The quantitative estimate of drug-likeness (QED) is 0.278. The molecule has 0 aliphatic heterocycles. The van der Waals surface area contributed by atoms with Crippen molar-refractivity contribution < 1.29 is 28.5 Å². The van der Waals surface area contributed by atoms with Crippen LogP contribution in [-0.4, -0.2) is 42.3 Å². The summed E-state index contributed by atoms with van der Waals surface area (Å²) in [5.74, 6) is -0.679. The summed E-state index contributed by atoms with van der Waals surface area (Å²) in [5.41, 5.74) is 3.10. The molecule has 3 aromatic carbocycles. The summed E-state index contributed by atoms with van der Waals surface area (Å²) < 4.78 is 27.7. The summed E-state index contributed by atoms with van der Waals surface area (Å²) in [5, 5.41) is 31.7. The molecule has 0 saturated heterocycles. The smallest absolute Gasteiger partial charge is 0.240 e. The summed E-state index contributed by atoms with van der Waals surface area (Å²) in [4.78, 5) is 13.3. The number of carbonyl (C=O) groups is 1. The number of sulfonamides is 1.